The number of hydrogen-bond donors (Lipinski definition) is 1. The second kappa shape index (κ2) is 3.22. The summed E-state index contributed by atoms with van der Waals surface area (Å²) >= 11 is 0. The van der Waals surface area contributed by atoms with Crippen LogP contribution in [-0.2, 0) is 9.53 Å². The van der Waals surface area contributed by atoms with Crippen LogP contribution in [0.25, 0.3) is 0 Å². The molecule has 64 valence electrons. The summed E-state index contributed by atoms with van der Waals surface area (Å²) in [5.41, 5.74) is 5.65. The van der Waals surface area contributed by atoms with Crippen LogP contribution in [-0.4, -0.2) is 18.1 Å². The van der Waals surface area contributed by atoms with Crippen molar-refractivity contribution < 1.29 is 9.53 Å². The zero-order valence-corrected chi connectivity index (χ0v) is 7.04. The molecule has 11 heavy (non-hydrogen) atoms. The molecule has 1 fully saturated rings. The molecule has 1 aliphatic heterocycles. The van der Waals surface area contributed by atoms with E-state index in [-0.39, 0.29) is 18.1 Å². The molecule has 0 amide bonds. The highest BCUT2D eigenvalue weighted by Gasteiger charge is 2.27. The summed E-state index contributed by atoms with van der Waals surface area (Å²) in [5, 5.41) is 0. The molecule has 1 aliphatic rings. The van der Waals surface area contributed by atoms with Gasteiger partial charge >= 0.3 is 5.97 Å². The Morgan fingerprint density at radius 2 is 2.27 bits per heavy atom. The standard InChI is InChI=1S/C8H15NO2/c1-5(2)7-3-6(9)4-8(10)11-7/h5-7H,3-4,9H2,1-2H3. The van der Waals surface area contributed by atoms with Crippen molar-refractivity contribution in [1.29, 1.82) is 0 Å². The topological polar surface area (TPSA) is 52.3 Å². The van der Waals surface area contributed by atoms with E-state index in [9.17, 15) is 4.79 Å². The number of esters is 1. The average Bonchev–Trinajstić information content (AvgIpc) is 1.85. The van der Waals surface area contributed by atoms with E-state index >= 15 is 0 Å². The van der Waals surface area contributed by atoms with E-state index in [2.05, 4.69) is 0 Å². The number of cyclic esters (lactones) is 1. The highest BCUT2D eigenvalue weighted by atomic mass is 16.5. The Morgan fingerprint density at radius 3 is 2.73 bits per heavy atom. The number of hydrogen-bond acceptors (Lipinski definition) is 3. The molecule has 0 aromatic carbocycles. The Morgan fingerprint density at radius 1 is 1.64 bits per heavy atom. The summed E-state index contributed by atoms with van der Waals surface area (Å²) in [6.45, 7) is 4.08. The third-order valence-corrected chi connectivity index (χ3v) is 1.99. The highest BCUT2D eigenvalue weighted by Crippen LogP contribution is 2.19. The molecule has 0 bridgehead atoms. The molecular formula is C8H15NO2. The molecular weight excluding hydrogens is 142 g/mol. The van der Waals surface area contributed by atoms with Gasteiger partial charge in [0.25, 0.3) is 0 Å². The zero-order chi connectivity index (χ0) is 8.43. The minimum absolute atomic E-state index is 0.00338. The Kier molecular flexibility index (Phi) is 2.49. The van der Waals surface area contributed by atoms with E-state index in [1.165, 1.54) is 0 Å². The van der Waals surface area contributed by atoms with Gasteiger partial charge in [-0.1, -0.05) is 13.8 Å². The molecule has 0 aromatic heterocycles. The van der Waals surface area contributed by atoms with E-state index in [0.717, 1.165) is 6.42 Å². The Balaban J connectivity index is 2.49. The Hall–Kier alpha value is -0.570. The van der Waals surface area contributed by atoms with Crippen LogP contribution in [0.15, 0.2) is 0 Å². The predicted molar refractivity (Wildman–Crippen MR) is 41.9 cm³/mol. The van der Waals surface area contributed by atoms with Crippen LogP contribution in [0.1, 0.15) is 26.7 Å². The summed E-state index contributed by atoms with van der Waals surface area (Å²) in [7, 11) is 0. The third-order valence-electron chi connectivity index (χ3n) is 1.99. The van der Waals surface area contributed by atoms with Crippen molar-refractivity contribution in [3.05, 3.63) is 0 Å². The monoisotopic (exact) mass is 157 g/mol. The van der Waals surface area contributed by atoms with Crippen LogP contribution >= 0.6 is 0 Å². The summed E-state index contributed by atoms with van der Waals surface area (Å²) in [6, 6.07) is 0.00338. The fourth-order valence-electron chi connectivity index (χ4n) is 1.27. The van der Waals surface area contributed by atoms with Crippen LogP contribution in [0.4, 0.5) is 0 Å². The molecule has 0 aromatic rings. The summed E-state index contributed by atoms with van der Waals surface area (Å²) in [5.74, 6) is 0.229. The van der Waals surface area contributed by atoms with Crippen molar-refractivity contribution in [2.45, 2.75) is 38.8 Å². The number of ether oxygens (including phenoxy) is 1. The van der Waals surface area contributed by atoms with Gasteiger partial charge in [-0.05, 0) is 5.92 Å². The van der Waals surface area contributed by atoms with E-state index < -0.39 is 0 Å². The number of carbonyl (C=O) groups excluding carboxylic acids is 1. The van der Waals surface area contributed by atoms with Gasteiger partial charge in [-0.2, -0.15) is 0 Å². The van der Waals surface area contributed by atoms with Gasteiger partial charge in [-0.3, -0.25) is 4.79 Å². The lowest BCUT2D eigenvalue weighted by Crippen LogP contribution is -2.39. The van der Waals surface area contributed by atoms with Crippen molar-refractivity contribution in [3.8, 4) is 0 Å². The summed E-state index contributed by atoms with van der Waals surface area (Å²) < 4.78 is 5.10. The van der Waals surface area contributed by atoms with Crippen LogP contribution in [0.5, 0.6) is 0 Å². The van der Waals surface area contributed by atoms with Crippen LogP contribution < -0.4 is 5.73 Å². The molecule has 0 saturated carbocycles. The van der Waals surface area contributed by atoms with Gasteiger partial charge in [0.1, 0.15) is 6.10 Å². The highest BCUT2D eigenvalue weighted by molar-refractivity contribution is 5.71. The summed E-state index contributed by atoms with van der Waals surface area (Å²) in [6.07, 6.45) is 1.22. The van der Waals surface area contributed by atoms with Gasteiger partial charge in [-0.25, -0.2) is 0 Å². The molecule has 0 radical (unpaired) electrons. The van der Waals surface area contributed by atoms with Gasteiger partial charge < -0.3 is 10.5 Å². The van der Waals surface area contributed by atoms with Gasteiger partial charge in [-0.15, -0.1) is 0 Å². The van der Waals surface area contributed by atoms with Gasteiger partial charge in [0.05, 0.1) is 6.42 Å². The van der Waals surface area contributed by atoms with Crippen LogP contribution in [0, 0.1) is 5.92 Å². The molecule has 1 rings (SSSR count). The molecule has 1 heterocycles. The Bertz CT molecular complexity index is 156. The van der Waals surface area contributed by atoms with E-state index in [1.807, 2.05) is 13.8 Å². The maximum atomic E-state index is 10.9. The average molecular weight is 157 g/mol. The normalized spacial score (nSPS) is 32.2. The lowest BCUT2D eigenvalue weighted by atomic mass is 9.96. The van der Waals surface area contributed by atoms with Gasteiger partial charge in [0.15, 0.2) is 0 Å². The first-order valence-corrected chi connectivity index (χ1v) is 4.04. The molecule has 3 nitrogen and oxygen atoms in total. The minimum Gasteiger partial charge on any atom is -0.462 e. The summed E-state index contributed by atoms with van der Waals surface area (Å²) in [4.78, 5) is 10.9. The lowest BCUT2D eigenvalue weighted by Gasteiger charge is -2.28. The van der Waals surface area contributed by atoms with Crippen molar-refractivity contribution in [1.82, 2.24) is 0 Å². The molecule has 2 unspecified atom stereocenters. The zero-order valence-electron chi connectivity index (χ0n) is 7.04. The largest absolute Gasteiger partial charge is 0.462 e. The number of nitrogens with two attached hydrogens (primary N) is 1. The molecule has 1 saturated heterocycles. The van der Waals surface area contributed by atoms with Crippen molar-refractivity contribution in [2.24, 2.45) is 11.7 Å². The predicted octanol–water partition coefficient (Wildman–Crippen LogP) is 0.675. The second-order valence-corrected chi connectivity index (χ2v) is 3.47. The third kappa shape index (κ3) is 2.19. The van der Waals surface area contributed by atoms with Crippen molar-refractivity contribution in [3.63, 3.8) is 0 Å². The molecule has 2 N–H and O–H groups in total. The van der Waals surface area contributed by atoms with Gasteiger partial charge in [0, 0.05) is 12.5 Å². The molecule has 3 heteroatoms. The fourth-order valence-corrected chi connectivity index (χ4v) is 1.27. The lowest BCUT2D eigenvalue weighted by molar-refractivity contribution is -0.157. The van der Waals surface area contributed by atoms with Crippen LogP contribution in [0.2, 0.25) is 0 Å². The van der Waals surface area contributed by atoms with Crippen molar-refractivity contribution >= 4 is 5.97 Å². The van der Waals surface area contributed by atoms with E-state index in [0.29, 0.717) is 12.3 Å². The molecule has 2 atom stereocenters. The van der Waals surface area contributed by atoms with Gasteiger partial charge in [0.2, 0.25) is 0 Å². The number of rotatable bonds is 1. The first-order valence-electron chi connectivity index (χ1n) is 4.04. The fraction of sp³-hybridized carbons (Fsp3) is 0.875. The quantitative estimate of drug-likeness (QED) is 0.569. The maximum absolute atomic E-state index is 10.9. The molecule has 0 spiro atoms. The maximum Gasteiger partial charge on any atom is 0.307 e. The molecule has 0 aliphatic carbocycles. The first-order chi connectivity index (χ1) is 5.09. The SMILES string of the molecule is CC(C)C1CC(N)CC(=O)O1. The second-order valence-electron chi connectivity index (χ2n) is 3.47. The van der Waals surface area contributed by atoms with Crippen molar-refractivity contribution in [2.75, 3.05) is 0 Å². The minimum atomic E-state index is -0.151. The number of carbonyl (C=O) groups is 1. The smallest absolute Gasteiger partial charge is 0.307 e. The Labute approximate surface area is 66.9 Å². The van der Waals surface area contributed by atoms with Crippen LogP contribution in [0.3, 0.4) is 0 Å². The van der Waals surface area contributed by atoms with E-state index in [4.69, 9.17) is 10.5 Å². The first kappa shape index (κ1) is 8.53. The van der Waals surface area contributed by atoms with E-state index in [1.54, 1.807) is 0 Å².